The van der Waals surface area contributed by atoms with E-state index >= 15 is 0 Å². The third-order valence-corrected chi connectivity index (χ3v) is 2.66. The Morgan fingerprint density at radius 1 is 1.24 bits per heavy atom. The lowest BCUT2D eigenvalue weighted by Crippen LogP contribution is -2.12. The van der Waals surface area contributed by atoms with Crippen LogP contribution in [0.1, 0.15) is 41.8 Å². The van der Waals surface area contributed by atoms with Crippen molar-refractivity contribution in [3.63, 3.8) is 0 Å². The highest BCUT2D eigenvalue weighted by atomic mass is 16.5. The van der Waals surface area contributed by atoms with E-state index in [0.717, 1.165) is 11.1 Å². The molecular weight excluding hydrogens is 216 g/mol. The van der Waals surface area contributed by atoms with E-state index in [-0.39, 0.29) is 18.2 Å². The number of aryl methyl sites for hydroxylation is 1. The summed E-state index contributed by atoms with van der Waals surface area (Å²) in [6.45, 7) is 5.86. The number of Topliss-reactive ketones (excluding diaryl/α,β-unsaturated/α-hetero) is 1. The fourth-order valence-electron chi connectivity index (χ4n) is 1.74. The number of hydrogen-bond acceptors (Lipinski definition) is 3. The van der Waals surface area contributed by atoms with Crippen LogP contribution in [0.15, 0.2) is 18.2 Å². The van der Waals surface area contributed by atoms with Crippen LogP contribution in [0, 0.1) is 6.92 Å². The van der Waals surface area contributed by atoms with Crippen LogP contribution in [-0.4, -0.2) is 18.4 Å². The van der Waals surface area contributed by atoms with E-state index < -0.39 is 0 Å². The number of esters is 1. The first-order valence-electron chi connectivity index (χ1n) is 5.87. The normalized spacial score (nSPS) is 10.1. The van der Waals surface area contributed by atoms with Gasteiger partial charge in [-0.3, -0.25) is 9.59 Å². The van der Waals surface area contributed by atoms with Crippen LogP contribution in [0.2, 0.25) is 0 Å². The van der Waals surface area contributed by atoms with Gasteiger partial charge in [0, 0.05) is 12.0 Å². The van der Waals surface area contributed by atoms with Crippen LogP contribution in [-0.2, 0) is 16.0 Å². The topological polar surface area (TPSA) is 43.4 Å². The SMILES string of the molecule is CCOC(=O)Cc1c(C)cccc1C(=O)CC. The van der Waals surface area contributed by atoms with E-state index in [9.17, 15) is 9.59 Å². The Labute approximate surface area is 102 Å². The lowest BCUT2D eigenvalue weighted by Gasteiger charge is -2.10. The van der Waals surface area contributed by atoms with Crippen molar-refractivity contribution >= 4 is 11.8 Å². The molecule has 0 unspecified atom stereocenters. The molecule has 3 nitrogen and oxygen atoms in total. The van der Waals surface area contributed by atoms with Gasteiger partial charge in [-0.1, -0.05) is 25.1 Å². The second kappa shape index (κ2) is 6.18. The maximum Gasteiger partial charge on any atom is 0.310 e. The van der Waals surface area contributed by atoms with E-state index in [1.165, 1.54) is 0 Å². The van der Waals surface area contributed by atoms with E-state index in [4.69, 9.17) is 4.74 Å². The lowest BCUT2D eigenvalue weighted by atomic mass is 9.95. The molecule has 92 valence electrons. The molecular formula is C14H18O3. The van der Waals surface area contributed by atoms with Crippen molar-refractivity contribution in [2.45, 2.75) is 33.6 Å². The fraction of sp³-hybridized carbons (Fsp3) is 0.429. The minimum absolute atomic E-state index is 0.0630. The maximum absolute atomic E-state index is 11.8. The zero-order valence-electron chi connectivity index (χ0n) is 10.6. The summed E-state index contributed by atoms with van der Waals surface area (Å²) in [5, 5.41) is 0. The molecule has 0 amide bonds. The summed E-state index contributed by atoms with van der Waals surface area (Å²) < 4.78 is 4.92. The molecule has 0 bridgehead atoms. The van der Waals surface area contributed by atoms with Gasteiger partial charge in [0.1, 0.15) is 0 Å². The Hall–Kier alpha value is -1.64. The molecule has 0 saturated carbocycles. The molecule has 0 heterocycles. The van der Waals surface area contributed by atoms with Crippen molar-refractivity contribution in [1.82, 2.24) is 0 Å². The molecule has 0 aromatic heterocycles. The van der Waals surface area contributed by atoms with E-state index in [0.29, 0.717) is 18.6 Å². The van der Waals surface area contributed by atoms with Crippen LogP contribution < -0.4 is 0 Å². The van der Waals surface area contributed by atoms with E-state index in [1.807, 2.05) is 26.0 Å². The molecule has 3 heteroatoms. The number of carbonyl (C=O) groups excluding carboxylic acids is 2. The van der Waals surface area contributed by atoms with Gasteiger partial charge in [-0.2, -0.15) is 0 Å². The monoisotopic (exact) mass is 234 g/mol. The highest BCUT2D eigenvalue weighted by Crippen LogP contribution is 2.17. The molecule has 0 aliphatic carbocycles. The first kappa shape index (κ1) is 13.4. The second-order valence-corrected chi connectivity index (χ2v) is 3.86. The average Bonchev–Trinajstić information content (AvgIpc) is 2.31. The van der Waals surface area contributed by atoms with Gasteiger partial charge in [0.25, 0.3) is 0 Å². The maximum atomic E-state index is 11.8. The fourth-order valence-corrected chi connectivity index (χ4v) is 1.74. The standard InChI is InChI=1S/C14H18O3/c1-4-13(15)11-8-6-7-10(3)12(11)9-14(16)17-5-2/h6-8H,4-5,9H2,1-3H3. The van der Waals surface area contributed by atoms with Gasteiger partial charge >= 0.3 is 5.97 Å². The van der Waals surface area contributed by atoms with Gasteiger partial charge in [-0.15, -0.1) is 0 Å². The Bertz CT molecular complexity index is 421. The van der Waals surface area contributed by atoms with Gasteiger partial charge in [0.05, 0.1) is 13.0 Å². The first-order chi connectivity index (χ1) is 8.10. The number of ketones is 1. The summed E-state index contributed by atoms with van der Waals surface area (Å²) in [5.41, 5.74) is 2.38. The molecule has 0 fully saturated rings. The first-order valence-corrected chi connectivity index (χ1v) is 5.87. The molecule has 0 atom stereocenters. The molecule has 0 saturated heterocycles. The molecule has 0 aliphatic rings. The van der Waals surface area contributed by atoms with Gasteiger partial charge < -0.3 is 4.74 Å². The third kappa shape index (κ3) is 3.41. The van der Waals surface area contributed by atoms with Gasteiger partial charge in [-0.05, 0) is 25.0 Å². The highest BCUT2D eigenvalue weighted by molar-refractivity contribution is 5.98. The van der Waals surface area contributed by atoms with Crippen molar-refractivity contribution in [1.29, 1.82) is 0 Å². The smallest absolute Gasteiger partial charge is 0.310 e. The summed E-state index contributed by atoms with van der Waals surface area (Å²) in [6.07, 6.45) is 0.612. The van der Waals surface area contributed by atoms with Gasteiger partial charge in [0.2, 0.25) is 0 Å². The molecule has 1 aromatic carbocycles. The van der Waals surface area contributed by atoms with E-state index in [2.05, 4.69) is 0 Å². The Morgan fingerprint density at radius 3 is 2.53 bits per heavy atom. The highest BCUT2D eigenvalue weighted by Gasteiger charge is 2.15. The summed E-state index contributed by atoms with van der Waals surface area (Å²) >= 11 is 0. The predicted molar refractivity (Wildman–Crippen MR) is 66.1 cm³/mol. The molecule has 0 radical (unpaired) electrons. The second-order valence-electron chi connectivity index (χ2n) is 3.86. The number of hydrogen-bond donors (Lipinski definition) is 0. The van der Waals surface area contributed by atoms with Crippen LogP contribution in [0.3, 0.4) is 0 Å². The van der Waals surface area contributed by atoms with Crippen molar-refractivity contribution in [2.24, 2.45) is 0 Å². The number of carbonyl (C=O) groups is 2. The minimum atomic E-state index is -0.285. The van der Waals surface area contributed by atoms with Gasteiger partial charge in [0.15, 0.2) is 5.78 Å². The zero-order chi connectivity index (χ0) is 12.8. The molecule has 0 spiro atoms. The van der Waals surface area contributed by atoms with Crippen molar-refractivity contribution in [3.8, 4) is 0 Å². The molecule has 17 heavy (non-hydrogen) atoms. The number of benzene rings is 1. The zero-order valence-corrected chi connectivity index (χ0v) is 10.6. The molecule has 0 aliphatic heterocycles. The largest absolute Gasteiger partial charge is 0.466 e. The average molecular weight is 234 g/mol. The third-order valence-electron chi connectivity index (χ3n) is 2.66. The molecule has 1 aromatic rings. The van der Waals surface area contributed by atoms with Gasteiger partial charge in [-0.25, -0.2) is 0 Å². The lowest BCUT2D eigenvalue weighted by molar-refractivity contribution is -0.142. The van der Waals surface area contributed by atoms with Crippen LogP contribution >= 0.6 is 0 Å². The van der Waals surface area contributed by atoms with Crippen LogP contribution in [0.4, 0.5) is 0 Å². The van der Waals surface area contributed by atoms with Crippen molar-refractivity contribution in [2.75, 3.05) is 6.61 Å². The van der Waals surface area contributed by atoms with Crippen molar-refractivity contribution in [3.05, 3.63) is 34.9 Å². The Kier molecular flexibility index (Phi) is 4.88. The molecule has 0 N–H and O–H groups in total. The Balaban J connectivity index is 3.03. The summed E-state index contributed by atoms with van der Waals surface area (Å²) in [5.74, 6) is -0.222. The number of ether oxygens (including phenoxy) is 1. The minimum Gasteiger partial charge on any atom is -0.466 e. The summed E-state index contributed by atoms with van der Waals surface area (Å²) in [4.78, 5) is 23.3. The summed E-state index contributed by atoms with van der Waals surface area (Å²) in [7, 11) is 0. The summed E-state index contributed by atoms with van der Waals surface area (Å²) in [6, 6.07) is 5.52. The van der Waals surface area contributed by atoms with Crippen LogP contribution in [0.5, 0.6) is 0 Å². The predicted octanol–water partition coefficient (Wildman–Crippen LogP) is 2.69. The van der Waals surface area contributed by atoms with Crippen molar-refractivity contribution < 1.29 is 14.3 Å². The van der Waals surface area contributed by atoms with Crippen LogP contribution in [0.25, 0.3) is 0 Å². The van der Waals surface area contributed by atoms with E-state index in [1.54, 1.807) is 13.0 Å². The number of rotatable bonds is 5. The Morgan fingerprint density at radius 2 is 1.94 bits per heavy atom. The molecule has 1 rings (SSSR count). The quantitative estimate of drug-likeness (QED) is 0.581.